The number of carbonyl (C=O) groups excluding carboxylic acids is 2. The summed E-state index contributed by atoms with van der Waals surface area (Å²) in [6.45, 7) is 1.12. The Bertz CT molecular complexity index is 1230. The Hall–Kier alpha value is -3.59. The number of benzene rings is 3. The Morgan fingerprint density at radius 3 is 2.45 bits per heavy atom. The molecule has 0 atom stereocenters. The van der Waals surface area contributed by atoms with Gasteiger partial charge in [-0.05, 0) is 67.1 Å². The molecule has 0 fully saturated rings. The fourth-order valence-corrected chi connectivity index (χ4v) is 3.14. The first-order valence-corrected chi connectivity index (χ1v) is 9.76. The Kier molecular flexibility index (Phi) is 6.92. The molecule has 1 amide bonds. The van der Waals surface area contributed by atoms with Gasteiger partial charge in [0.2, 0.25) is 0 Å². The van der Waals surface area contributed by atoms with Gasteiger partial charge in [0.15, 0.2) is 12.4 Å². The fourth-order valence-electron chi connectivity index (χ4n) is 2.96. The molecule has 0 bridgehead atoms. The second-order valence-electron chi connectivity index (χ2n) is 7.03. The summed E-state index contributed by atoms with van der Waals surface area (Å²) in [6.07, 6.45) is -4.85. The zero-order valence-electron chi connectivity index (χ0n) is 17.0. The maximum absolute atomic E-state index is 13.8. The van der Waals surface area contributed by atoms with E-state index < -0.39 is 41.4 Å². The number of aromatic hydroxyl groups is 1. The molecule has 0 spiro atoms. The number of amides is 1. The molecule has 0 aliphatic heterocycles. The molecule has 172 valence electrons. The van der Waals surface area contributed by atoms with Gasteiger partial charge in [0.1, 0.15) is 17.3 Å². The van der Waals surface area contributed by atoms with Crippen LogP contribution in [-0.2, 0) is 11.0 Å². The van der Waals surface area contributed by atoms with Gasteiger partial charge in [0.05, 0.1) is 11.1 Å². The van der Waals surface area contributed by atoms with E-state index in [2.05, 4.69) is 5.32 Å². The zero-order valence-corrected chi connectivity index (χ0v) is 17.7. The number of anilines is 1. The predicted molar refractivity (Wildman–Crippen MR) is 113 cm³/mol. The van der Waals surface area contributed by atoms with Crippen LogP contribution in [0.2, 0.25) is 5.02 Å². The molecule has 2 N–H and O–H groups in total. The van der Waals surface area contributed by atoms with Crippen molar-refractivity contribution < 1.29 is 37.0 Å². The average molecular weight is 482 g/mol. The number of nitrogens with one attached hydrogen (secondary N) is 1. The third kappa shape index (κ3) is 6.01. The van der Waals surface area contributed by atoms with Gasteiger partial charge in [-0.15, -0.1) is 0 Å². The van der Waals surface area contributed by atoms with E-state index in [0.717, 1.165) is 6.07 Å². The maximum Gasteiger partial charge on any atom is 0.416 e. The van der Waals surface area contributed by atoms with E-state index in [1.54, 1.807) is 6.92 Å². The van der Waals surface area contributed by atoms with Crippen LogP contribution in [0, 0.1) is 12.7 Å². The summed E-state index contributed by atoms with van der Waals surface area (Å²) in [4.78, 5) is 25.1. The van der Waals surface area contributed by atoms with Crippen molar-refractivity contribution in [1.29, 1.82) is 0 Å². The molecular formula is C23H16ClF4NO4. The first-order valence-electron chi connectivity index (χ1n) is 9.38. The molecule has 0 aliphatic carbocycles. The summed E-state index contributed by atoms with van der Waals surface area (Å²) >= 11 is 5.92. The summed E-state index contributed by atoms with van der Waals surface area (Å²) in [5.41, 5.74) is -1.10. The first kappa shape index (κ1) is 24.1. The summed E-state index contributed by atoms with van der Waals surface area (Å²) in [5.74, 6) is -2.90. The van der Waals surface area contributed by atoms with Crippen LogP contribution >= 0.6 is 11.6 Å². The van der Waals surface area contributed by atoms with Crippen LogP contribution in [0.15, 0.2) is 54.6 Å². The molecule has 0 aliphatic rings. The van der Waals surface area contributed by atoms with Gasteiger partial charge in [0, 0.05) is 16.3 Å². The van der Waals surface area contributed by atoms with Crippen molar-refractivity contribution in [3.63, 3.8) is 0 Å². The number of hydrogen-bond acceptors (Lipinski definition) is 4. The molecule has 3 rings (SSSR count). The average Bonchev–Trinajstić information content (AvgIpc) is 2.73. The van der Waals surface area contributed by atoms with Gasteiger partial charge in [-0.25, -0.2) is 4.39 Å². The Labute approximate surface area is 190 Å². The quantitative estimate of drug-likeness (QED) is 0.267. The molecule has 0 saturated heterocycles. The summed E-state index contributed by atoms with van der Waals surface area (Å²) < 4.78 is 58.2. The van der Waals surface area contributed by atoms with Crippen LogP contribution in [0.25, 0.3) is 0 Å². The van der Waals surface area contributed by atoms with Gasteiger partial charge < -0.3 is 15.2 Å². The van der Waals surface area contributed by atoms with Crippen LogP contribution < -0.4 is 10.1 Å². The third-order valence-electron chi connectivity index (χ3n) is 4.52. The largest absolute Gasteiger partial charge is 0.508 e. The van der Waals surface area contributed by atoms with E-state index in [4.69, 9.17) is 16.3 Å². The highest BCUT2D eigenvalue weighted by Gasteiger charge is 2.32. The van der Waals surface area contributed by atoms with Crippen molar-refractivity contribution in [3.05, 3.63) is 87.7 Å². The van der Waals surface area contributed by atoms with E-state index in [0.29, 0.717) is 23.4 Å². The molecule has 5 nitrogen and oxygen atoms in total. The van der Waals surface area contributed by atoms with Crippen molar-refractivity contribution in [2.75, 3.05) is 11.9 Å². The van der Waals surface area contributed by atoms with Gasteiger partial charge in [-0.2, -0.15) is 13.2 Å². The normalized spacial score (nSPS) is 11.2. The first-order chi connectivity index (χ1) is 15.4. The third-order valence-corrected chi connectivity index (χ3v) is 4.75. The van der Waals surface area contributed by atoms with E-state index >= 15 is 0 Å². The second kappa shape index (κ2) is 9.50. The van der Waals surface area contributed by atoms with Crippen LogP contribution in [0.1, 0.15) is 27.0 Å². The van der Waals surface area contributed by atoms with Gasteiger partial charge in [0.25, 0.3) is 5.91 Å². The molecule has 0 aromatic heterocycles. The minimum Gasteiger partial charge on any atom is -0.508 e. The van der Waals surface area contributed by atoms with Crippen LogP contribution in [0.3, 0.4) is 0 Å². The standard InChI is InChI=1S/C23H16ClF4NO4/c1-12-6-17(30)3-4-19(12)29-21(31)11-33-20-5-2-15(24)10-18(20)22(32)13-7-14(23(26,27)28)9-16(25)8-13/h2-10,30H,11H2,1H3,(H,29,31). The number of carbonyl (C=O) groups is 2. The number of rotatable bonds is 6. The molecule has 33 heavy (non-hydrogen) atoms. The van der Waals surface area contributed by atoms with Crippen molar-refractivity contribution in [2.24, 2.45) is 0 Å². The summed E-state index contributed by atoms with van der Waals surface area (Å²) in [6, 6.07) is 9.58. The van der Waals surface area contributed by atoms with E-state index in [9.17, 15) is 32.3 Å². The molecule has 0 radical (unpaired) electrons. The van der Waals surface area contributed by atoms with E-state index in [1.807, 2.05) is 0 Å². The van der Waals surface area contributed by atoms with Gasteiger partial charge in [-0.1, -0.05) is 11.6 Å². The highest BCUT2D eigenvalue weighted by atomic mass is 35.5. The molecule has 0 unspecified atom stereocenters. The van der Waals surface area contributed by atoms with E-state index in [1.165, 1.54) is 30.3 Å². The van der Waals surface area contributed by atoms with Gasteiger partial charge >= 0.3 is 6.18 Å². The highest BCUT2D eigenvalue weighted by molar-refractivity contribution is 6.31. The lowest BCUT2D eigenvalue weighted by Gasteiger charge is -2.13. The monoisotopic (exact) mass is 481 g/mol. The Morgan fingerprint density at radius 2 is 1.79 bits per heavy atom. The van der Waals surface area contributed by atoms with Crippen LogP contribution in [0.4, 0.5) is 23.2 Å². The topological polar surface area (TPSA) is 75.6 Å². The number of aryl methyl sites for hydroxylation is 1. The zero-order chi connectivity index (χ0) is 24.3. The Balaban J connectivity index is 1.83. The number of ketones is 1. The molecular weight excluding hydrogens is 466 g/mol. The van der Waals surface area contributed by atoms with Crippen molar-refractivity contribution in [1.82, 2.24) is 0 Å². The number of hydrogen-bond donors (Lipinski definition) is 2. The van der Waals surface area contributed by atoms with Gasteiger partial charge in [-0.3, -0.25) is 9.59 Å². The molecule has 3 aromatic rings. The lowest BCUT2D eigenvalue weighted by atomic mass is 10.00. The minimum absolute atomic E-state index is 0.0251. The summed E-state index contributed by atoms with van der Waals surface area (Å²) in [7, 11) is 0. The number of halogens is 5. The van der Waals surface area contributed by atoms with E-state index in [-0.39, 0.29) is 28.2 Å². The maximum atomic E-state index is 13.8. The lowest BCUT2D eigenvalue weighted by molar-refractivity contribution is -0.137. The fraction of sp³-hybridized carbons (Fsp3) is 0.130. The Morgan fingerprint density at radius 1 is 1.06 bits per heavy atom. The number of phenolic OH excluding ortho intramolecular Hbond substituents is 1. The lowest BCUT2D eigenvalue weighted by Crippen LogP contribution is -2.21. The van der Waals surface area contributed by atoms with Crippen molar-refractivity contribution in [3.8, 4) is 11.5 Å². The second-order valence-corrected chi connectivity index (χ2v) is 7.47. The molecule has 3 aromatic carbocycles. The number of ether oxygens (including phenoxy) is 1. The molecule has 0 heterocycles. The van der Waals surface area contributed by atoms with Crippen LogP contribution in [0.5, 0.6) is 11.5 Å². The molecule has 10 heteroatoms. The summed E-state index contributed by atoms with van der Waals surface area (Å²) in [5, 5.41) is 12.1. The van der Waals surface area contributed by atoms with Crippen molar-refractivity contribution >= 4 is 29.0 Å². The van der Waals surface area contributed by atoms with Crippen molar-refractivity contribution in [2.45, 2.75) is 13.1 Å². The SMILES string of the molecule is Cc1cc(O)ccc1NC(=O)COc1ccc(Cl)cc1C(=O)c1cc(F)cc(C(F)(F)F)c1. The predicted octanol–water partition coefficient (Wildman–Crippen LogP) is 5.76. The number of alkyl halides is 3. The molecule has 0 saturated carbocycles. The van der Waals surface area contributed by atoms with Crippen LogP contribution in [-0.4, -0.2) is 23.4 Å². The minimum atomic E-state index is -4.85. The number of phenols is 1. The highest BCUT2D eigenvalue weighted by Crippen LogP contribution is 2.32. The smallest absolute Gasteiger partial charge is 0.416 e.